The molecule has 3 aromatic heterocycles. The number of anilines is 1. The minimum atomic E-state index is -0.270. The lowest BCUT2D eigenvalue weighted by molar-refractivity contribution is -0.113. The first-order valence-corrected chi connectivity index (χ1v) is 11.3. The summed E-state index contributed by atoms with van der Waals surface area (Å²) >= 11 is 2.73. The van der Waals surface area contributed by atoms with Gasteiger partial charge in [-0.3, -0.25) is 14.3 Å². The van der Waals surface area contributed by atoms with Crippen LogP contribution in [0.2, 0.25) is 0 Å². The largest absolute Gasteiger partial charge is 0.349 e. The molecule has 0 saturated carbocycles. The summed E-state index contributed by atoms with van der Waals surface area (Å²) in [6.07, 6.45) is 7.35. The first-order valence-electron chi connectivity index (χ1n) is 9.46. The van der Waals surface area contributed by atoms with Crippen LogP contribution < -0.4 is 11.0 Å². The third-order valence-electron chi connectivity index (χ3n) is 4.72. The van der Waals surface area contributed by atoms with Crippen LogP contribution >= 0.6 is 23.1 Å². The lowest BCUT2D eigenvalue weighted by Gasteiger charge is -2.22. The van der Waals surface area contributed by atoms with Crippen LogP contribution in [0, 0.1) is 6.92 Å². The molecule has 1 N–H and O–H groups in total. The van der Waals surface area contributed by atoms with Crippen LogP contribution in [0.5, 0.6) is 0 Å². The van der Waals surface area contributed by atoms with E-state index in [-0.39, 0.29) is 17.3 Å². The number of rotatable bonds is 6. The van der Waals surface area contributed by atoms with Gasteiger partial charge >= 0.3 is 5.69 Å². The van der Waals surface area contributed by atoms with E-state index in [0.29, 0.717) is 16.7 Å². The Balaban J connectivity index is 1.54. The predicted octanol–water partition coefficient (Wildman–Crippen LogP) is 3.06. The number of fused-ring (bicyclic) bond motifs is 1. The molecule has 150 valence electrons. The van der Waals surface area contributed by atoms with Crippen molar-refractivity contribution in [2.75, 3.05) is 11.1 Å². The molecule has 4 rings (SSSR count). The predicted molar refractivity (Wildman–Crippen MR) is 115 cm³/mol. The van der Waals surface area contributed by atoms with Gasteiger partial charge in [-0.2, -0.15) is 4.98 Å². The highest BCUT2D eigenvalue weighted by atomic mass is 32.2. The third-order valence-corrected chi connectivity index (χ3v) is 6.61. The van der Waals surface area contributed by atoms with Crippen LogP contribution in [-0.2, 0) is 24.2 Å². The smallest absolute Gasteiger partial charge is 0.301 e. The van der Waals surface area contributed by atoms with Crippen LogP contribution in [0.1, 0.15) is 35.4 Å². The summed E-state index contributed by atoms with van der Waals surface area (Å²) in [5.74, 6) is 0.0552. The van der Waals surface area contributed by atoms with Crippen molar-refractivity contribution in [2.45, 2.75) is 44.2 Å². The molecule has 3 heterocycles. The van der Waals surface area contributed by atoms with E-state index in [1.165, 1.54) is 23.1 Å². The molecular formula is C20H21N5O2S2. The number of thiazole rings is 1. The van der Waals surface area contributed by atoms with Crippen molar-refractivity contribution in [2.24, 2.45) is 0 Å². The van der Waals surface area contributed by atoms with Gasteiger partial charge in [0, 0.05) is 29.0 Å². The molecule has 1 aliphatic rings. The van der Waals surface area contributed by atoms with E-state index in [1.54, 1.807) is 17.0 Å². The Morgan fingerprint density at radius 3 is 2.93 bits per heavy atom. The van der Waals surface area contributed by atoms with Gasteiger partial charge in [0.05, 0.1) is 18.0 Å². The first-order chi connectivity index (χ1) is 14.1. The molecule has 0 radical (unpaired) electrons. The summed E-state index contributed by atoms with van der Waals surface area (Å²) in [5, 5.41) is 5.96. The molecule has 0 unspecified atom stereocenters. The maximum absolute atomic E-state index is 12.8. The van der Waals surface area contributed by atoms with Crippen LogP contribution in [0.3, 0.4) is 0 Å². The van der Waals surface area contributed by atoms with E-state index in [4.69, 9.17) is 0 Å². The number of pyridine rings is 1. The van der Waals surface area contributed by atoms with E-state index in [9.17, 15) is 9.59 Å². The molecule has 0 saturated heterocycles. The van der Waals surface area contributed by atoms with E-state index in [0.717, 1.165) is 48.2 Å². The Bertz CT molecular complexity index is 1080. The van der Waals surface area contributed by atoms with Crippen LogP contribution in [0.15, 0.2) is 39.7 Å². The zero-order valence-corrected chi connectivity index (χ0v) is 17.7. The summed E-state index contributed by atoms with van der Waals surface area (Å²) in [6, 6.07) is 3.83. The molecule has 0 atom stereocenters. The summed E-state index contributed by atoms with van der Waals surface area (Å²) < 4.78 is 1.76. The number of thioether (sulfide) groups is 1. The molecule has 9 heteroatoms. The van der Waals surface area contributed by atoms with Gasteiger partial charge in [0.1, 0.15) is 5.03 Å². The number of hydrogen-bond donors (Lipinski definition) is 1. The normalized spacial score (nSPS) is 13.1. The second kappa shape index (κ2) is 8.87. The number of aryl methyl sites for hydroxylation is 1. The Morgan fingerprint density at radius 2 is 2.17 bits per heavy atom. The van der Waals surface area contributed by atoms with Gasteiger partial charge in [0.2, 0.25) is 5.91 Å². The topological polar surface area (TPSA) is 89.8 Å². The second-order valence-corrected chi connectivity index (χ2v) is 8.73. The van der Waals surface area contributed by atoms with E-state index >= 15 is 0 Å². The van der Waals surface area contributed by atoms with Gasteiger partial charge in [0.15, 0.2) is 5.13 Å². The summed E-state index contributed by atoms with van der Waals surface area (Å²) in [6.45, 7) is 2.36. The van der Waals surface area contributed by atoms with Crippen LogP contribution in [-0.4, -0.2) is 31.2 Å². The highest BCUT2D eigenvalue weighted by Crippen LogP contribution is 2.29. The van der Waals surface area contributed by atoms with Crippen molar-refractivity contribution in [3.05, 3.63) is 62.9 Å². The Morgan fingerprint density at radius 1 is 1.31 bits per heavy atom. The average molecular weight is 428 g/mol. The van der Waals surface area contributed by atoms with Gasteiger partial charge in [-0.25, -0.2) is 9.78 Å². The average Bonchev–Trinajstić information content (AvgIpc) is 3.14. The fraction of sp³-hybridized carbons (Fsp3) is 0.350. The van der Waals surface area contributed by atoms with Crippen molar-refractivity contribution < 1.29 is 4.79 Å². The quantitative estimate of drug-likeness (QED) is 0.480. The Kier molecular flexibility index (Phi) is 6.05. The zero-order chi connectivity index (χ0) is 20.2. The van der Waals surface area contributed by atoms with Gasteiger partial charge in [-0.1, -0.05) is 17.8 Å². The maximum atomic E-state index is 12.8. The van der Waals surface area contributed by atoms with E-state index in [2.05, 4.69) is 20.3 Å². The van der Waals surface area contributed by atoms with Gasteiger partial charge in [-0.05, 0) is 44.2 Å². The molecule has 0 aliphatic heterocycles. The van der Waals surface area contributed by atoms with Gasteiger partial charge in [0.25, 0.3) is 0 Å². The summed E-state index contributed by atoms with van der Waals surface area (Å²) in [7, 11) is 0. The van der Waals surface area contributed by atoms with E-state index < -0.39 is 0 Å². The minimum Gasteiger partial charge on any atom is -0.301 e. The molecule has 3 aromatic rings. The fourth-order valence-electron chi connectivity index (χ4n) is 3.41. The second-order valence-electron chi connectivity index (χ2n) is 6.91. The van der Waals surface area contributed by atoms with Crippen LogP contribution in [0.4, 0.5) is 5.13 Å². The minimum absolute atomic E-state index is 0.143. The van der Waals surface area contributed by atoms with Gasteiger partial charge in [-0.15, -0.1) is 11.3 Å². The monoisotopic (exact) mass is 427 g/mol. The molecule has 1 amide bonds. The lowest BCUT2D eigenvalue weighted by Crippen LogP contribution is -2.30. The number of nitrogens with zero attached hydrogens (tertiary/aromatic N) is 4. The molecule has 7 nitrogen and oxygen atoms in total. The number of hydrogen-bond acceptors (Lipinski definition) is 7. The number of carbonyl (C=O) groups excluding carboxylic acids is 1. The van der Waals surface area contributed by atoms with Crippen molar-refractivity contribution in [3.8, 4) is 0 Å². The highest BCUT2D eigenvalue weighted by molar-refractivity contribution is 8.00. The van der Waals surface area contributed by atoms with Crippen molar-refractivity contribution >= 4 is 34.1 Å². The third kappa shape index (κ3) is 4.73. The number of carbonyl (C=O) groups is 1. The SMILES string of the molecule is Cc1csc(NC(=O)CSc2nc(=O)n(Cc3cccnc3)c3c2CCCC3)n1. The molecule has 0 fully saturated rings. The maximum Gasteiger partial charge on any atom is 0.349 e. The summed E-state index contributed by atoms with van der Waals surface area (Å²) in [5.41, 5.74) is 3.72. The molecular weight excluding hydrogens is 406 g/mol. The molecule has 0 spiro atoms. The molecule has 0 bridgehead atoms. The standard InChI is InChI=1S/C20H21N5O2S2/c1-13-11-29-19(22-13)23-17(26)12-28-18-15-6-2-3-7-16(15)25(20(27)24-18)10-14-5-4-8-21-9-14/h4-5,8-9,11H,2-3,6-7,10,12H2,1H3,(H,22,23,26). The Labute approximate surface area is 176 Å². The van der Waals surface area contributed by atoms with Crippen molar-refractivity contribution in [3.63, 3.8) is 0 Å². The number of amides is 1. The van der Waals surface area contributed by atoms with E-state index in [1.807, 2.05) is 24.4 Å². The van der Waals surface area contributed by atoms with Gasteiger partial charge < -0.3 is 5.32 Å². The van der Waals surface area contributed by atoms with Crippen molar-refractivity contribution in [1.29, 1.82) is 0 Å². The molecule has 0 aromatic carbocycles. The lowest BCUT2D eigenvalue weighted by atomic mass is 9.97. The summed E-state index contributed by atoms with van der Waals surface area (Å²) in [4.78, 5) is 37.7. The Hall–Kier alpha value is -2.52. The number of nitrogens with one attached hydrogen (secondary N) is 1. The zero-order valence-electron chi connectivity index (χ0n) is 16.1. The highest BCUT2D eigenvalue weighted by Gasteiger charge is 2.21. The first kappa shape index (κ1) is 19.8. The molecule has 29 heavy (non-hydrogen) atoms. The fourth-order valence-corrected chi connectivity index (χ4v) is 4.99. The molecule has 1 aliphatic carbocycles. The number of aromatic nitrogens is 4. The van der Waals surface area contributed by atoms with Crippen LogP contribution in [0.25, 0.3) is 0 Å². The van der Waals surface area contributed by atoms with Crippen molar-refractivity contribution in [1.82, 2.24) is 19.5 Å².